The summed E-state index contributed by atoms with van der Waals surface area (Å²) >= 11 is 1.64. The largest absolute Gasteiger partial charge is 0.496 e. The number of nitrogens with zero attached hydrogens (tertiary/aromatic N) is 1. The van der Waals surface area contributed by atoms with E-state index in [9.17, 15) is 5.11 Å². The SMILES string of the molecule is COc1ccc(NC(C)c2nc(-c3ccccc3)cs2)cc1CO. The summed E-state index contributed by atoms with van der Waals surface area (Å²) in [6.07, 6.45) is 0. The van der Waals surface area contributed by atoms with Gasteiger partial charge in [-0.15, -0.1) is 11.3 Å². The molecule has 0 spiro atoms. The standard InChI is InChI=1S/C19H20N2O2S/c1-13(20-16-8-9-18(23-2)15(10-16)11-22)19-21-17(12-24-19)14-6-4-3-5-7-14/h3-10,12-13,20,22H,11H2,1-2H3. The van der Waals surface area contributed by atoms with E-state index in [-0.39, 0.29) is 12.6 Å². The molecule has 2 N–H and O–H groups in total. The van der Waals surface area contributed by atoms with Crippen molar-refractivity contribution in [1.29, 1.82) is 0 Å². The predicted molar refractivity (Wildman–Crippen MR) is 98.5 cm³/mol. The molecule has 0 aliphatic heterocycles. The number of aliphatic hydroxyl groups is 1. The van der Waals surface area contributed by atoms with Gasteiger partial charge in [0.2, 0.25) is 0 Å². The van der Waals surface area contributed by atoms with Gasteiger partial charge in [0.05, 0.1) is 25.5 Å². The van der Waals surface area contributed by atoms with Gasteiger partial charge in [-0.3, -0.25) is 0 Å². The number of hydrogen-bond donors (Lipinski definition) is 2. The van der Waals surface area contributed by atoms with E-state index in [0.29, 0.717) is 5.75 Å². The molecule has 0 aliphatic rings. The highest BCUT2D eigenvalue weighted by molar-refractivity contribution is 7.10. The first kappa shape index (κ1) is 16.5. The molecule has 3 aromatic rings. The fourth-order valence-corrected chi connectivity index (χ4v) is 3.37. The monoisotopic (exact) mass is 340 g/mol. The Hall–Kier alpha value is -2.37. The van der Waals surface area contributed by atoms with Crippen LogP contribution in [0.3, 0.4) is 0 Å². The highest BCUT2D eigenvalue weighted by Crippen LogP contribution is 2.29. The number of thiazole rings is 1. The van der Waals surface area contributed by atoms with Gasteiger partial charge in [0.1, 0.15) is 10.8 Å². The van der Waals surface area contributed by atoms with E-state index in [4.69, 9.17) is 9.72 Å². The summed E-state index contributed by atoms with van der Waals surface area (Å²) in [7, 11) is 1.60. The normalized spacial score (nSPS) is 12.0. The summed E-state index contributed by atoms with van der Waals surface area (Å²) in [4.78, 5) is 4.73. The van der Waals surface area contributed by atoms with Crippen molar-refractivity contribution in [1.82, 2.24) is 4.98 Å². The Balaban J connectivity index is 1.76. The van der Waals surface area contributed by atoms with Gasteiger partial charge in [-0.05, 0) is 25.1 Å². The zero-order valence-electron chi connectivity index (χ0n) is 13.7. The van der Waals surface area contributed by atoms with Crippen LogP contribution in [0.4, 0.5) is 5.69 Å². The summed E-state index contributed by atoms with van der Waals surface area (Å²) in [6.45, 7) is 2.03. The molecule has 1 aromatic heterocycles. The maximum Gasteiger partial charge on any atom is 0.124 e. The van der Waals surface area contributed by atoms with Crippen LogP contribution in [0.25, 0.3) is 11.3 Å². The van der Waals surface area contributed by atoms with Crippen molar-refractivity contribution in [2.24, 2.45) is 0 Å². The Morgan fingerprint density at radius 3 is 2.71 bits per heavy atom. The van der Waals surface area contributed by atoms with Crippen LogP contribution in [0.5, 0.6) is 5.75 Å². The molecule has 0 aliphatic carbocycles. The third-order valence-corrected chi connectivity index (χ3v) is 4.82. The third-order valence-electron chi connectivity index (χ3n) is 3.80. The van der Waals surface area contributed by atoms with Gasteiger partial charge in [0.25, 0.3) is 0 Å². The smallest absolute Gasteiger partial charge is 0.124 e. The number of rotatable bonds is 6. The number of hydrogen-bond acceptors (Lipinski definition) is 5. The minimum atomic E-state index is -0.0531. The van der Waals surface area contributed by atoms with E-state index in [0.717, 1.165) is 27.5 Å². The Morgan fingerprint density at radius 1 is 1.21 bits per heavy atom. The fraction of sp³-hybridized carbons (Fsp3) is 0.211. The number of nitrogens with one attached hydrogen (secondary N) is 1. The van der Waals surface area contributed by atoms with Crippen molar-refractivity contribution >= 4 is 17.0 Å². The number of aromatic nitrogens is 1. The summed E-state index contributed by atoms with van der Waals surface area (Å²) < 4.78 is 5.24. The Kier molecular flexibility index (Phi) is 5.13. The van der Waals surface area contributed by atoms with E-state index < -0.39 is 0 Å². The number of anilines is 1. The molecule has 0 saturated carbocycles. The topological polar surface area (TPSA) is 54.4 Å². The molecule has 2 aromatic carbocycles. The molecule has 1 atom stereocenters. The van der Waals surface area contributed by atoms with Crippen LogP contribution in [-0.4, -0.2) is 17.2 Å². The quantitative estimate of drug-likeness (QED) is 0.694. The summed E-state index contributed by atoms with van der Waals surface area (Å²) in [6, 6.07) is 15.9. The lowest BCUT2D eigenvalue weighted by molar-refractivity contribution is 0.274. The van der Waals surface area contributed by atoms with E-state index in [1.165, 1.54) is 0 Å². The second kappa shape index (κ2) is 7.47. The maximum atomic E-state index is 9.44. The molecular formula is C19H20N2O2S. The first-order valence-electron chi connectivity index (χ1n) is 7.76. The van der Waals surface area contributed by atoms with E-state index in [2.05, 4.69) is 29.8 Å². The first-order valence-corrected chi connectivity index (χ1v) is 8.64. The van der Waals surface area contributed by atoms with Crippen LogP contribution in [-0.2, 0) is 6.61 Å². The zero-order chi connectivity index (χ0) is 16.9. The predicted octanol–water partition coefficient (Wildman–Crippen LogP) is 4.48. The maximum absolute atomic E-state index is 9.44. The Morgan fingerprint density at radius 2 is 2.00 bits per heavy atom. The molecule has 4 nitrogen and oxygen atoms in total. The number of methoxy groups -OCH3 is 1. The van der Waals surface area contributed by atoms with Gasteiger partial charge in [0.15, 0.2) is 0 Å². The second-order valence-corrected chi connectivity index (χ2v) is 6.38. The van der Waals surface area contributed by atoms with Gasteiger partial charge in [-0.2, -0.15) is 0 Å². The highest BCUT2D eigenvalue weighted by Gasteiger charge is 2.12. The number of aliphatic hydroxyl groups excluding tert-OH is 1. The first-order chi connectivity index (χ1) is 11.7. The average Bonchev–Trinajstić information content (AvgIpc) is 3.12. The van der Waals surface area contributed by atoms with Crippen molar-refractivity contribution < 1.29 is 9.84 Å². The zero-order valence-corrected chi connectivity index (χ0v) is 14.5. The van der Waals surface area contributed by atoms with Crippen LogP contribution in [0.1, 0.15) is 23.5 Å². The van der Waals surface area contributed by atoms with Crippen molar-refractivity contribution in [2.45, 2.75) is 19.6 Å². The molecule has 3 rings (SSSR count). The van der Waals surface area contributed by atoms with Gasteiger partial charge < -0.3 is 15.2 Å². The minimum Gasteiger partial charge on any atom is -0.496 e. The van der Waals surface area contributed by atoms with Crippen LogP contribution in [0.2, 0.25) is 0 Å². The lowest BCUT2D eigenvalue weighted by Gasteiger charge is -2.15. The molecule has 5 heteroatoms. The van der Waals surface area contributed by atoms with Crippen LogP contribution in [0, 0.1) is 0 Å². The van der Waals surface area contributed by atoms with Gasteiger partial charge >= 0.3 is 0 Å². The van der Waals surface area contributed by atoms with Crippen LogP contribution < -0.4 is 10.1 Å². The molecule has 1 heterocycles. The second-order valence-electron chi connectivity index (χ2n) is 5.49. The van der Waals surface area contributed by atoms with Crippen molar-refractivity contribution in [2.75, 3.05) is 12.4 Å². The molecule has 24 heavy (non-hydrogen) atoms. The average molecular weight is 340 g/mol. The Labute approximate surface area is 145 Å². The molecule has 0 saturated heterocycles. The van der Waals surface area contributed by atoms with Gasteiger partial charge in [-0.1, -0.05) is 30.3 Å². The lowest BCUT2D eigenvalue weighted by atomic mass is 10.1. The highest BCUT2D eigenvalue weighted by atomic mass is 32.1. The Bertz CT molecular complexity index is 802. The van der Waals surface area contributed by atoms with Gasteiger partial charge in [-0.25, -0.2) is 4.98 Å². The van der Waals surface area contributed by atoms with Crippen LogP contribution in [0.15, 0.2) is 53.9 Å². The molecular weight excluding hydrogens is 320 g/mol. The molecule has 0 amide bonds. The minimum absolute atomic E-state index is 0.0531. The van der Waals surface area contributed by atoms with Crippen molar-refractivity contribution in [3.05, 3.63) is 64.5 Å². The van der Waals surface area contributed by atoms with Crippen molar-refractivity contribution in [3.63, 3.8) is 0 Å². The van der Waals surface area contributed by atoms with Gasteiger partial charge in [0, 0.05) is 22.2 Å². The van der Waals surface area contributed by atoms with Crippen LogP contribution >= 0.6 is 11.3 Å². The van der Waals surface area contributed by atoms with E-state index in [1.54, 1.807) is 18.4 Å². The van der Waals surface area contributed by atoms with E-state index in [1.807, 2.05) is 36.4 Å². The summed E-state index contributed by atoms with van der Waals surface area (Å²) in [5.41, 5.74) is 3.82. The van der Waals surface area contributed by atoms with Crippen molar-refractivity contribution in [3.8, 4) is 17.0 Å². The third kappa shape index (κ3) is 3.58. The molecule has 0 fully saturated rings. The fourth-order valence-electron chi connectivity index (χ4n) is 2.53. The number of ether oxygens (including phenoxy) is 1. The molecule has 0 radical (unpaired) electrons. The summed E-state index contributed by atoms with van der Waals surface area (Å²) in [5, 5.41) is 16.0. The molecule has 0 bridgehead atoms. The lowest BCUT2D eigenvalue weighted by Crippen LogP contribution is -2.07. The summed E-state index contributed by atoms with van der Waals surface area (Å²) in [5.74, 6) is 0.691. The number of benzene rings is 2. The van der Waals surface area contributed by atoms with E-state index >= 15 is 0 Å². The molecule has 124 valence electrons. The molecule has 1 unspecified atom stereocenters.